The number of aliphatic hydroxyl groups is 1. The first-order valence-corrected chi connectivity index (χ1v) is 8.53. The van der Waals surface area contributed by atoms with E-state index in [1.54, 1.807) is 11.1 Å². The lowest BCUT2D eigenvalue weighted by Crippen LogP contribution is -2.42. The van der Waals surface area contributed by atoms with Gasteiger partial charge >= 0.3 is 0 Å². The summed E-state index contributed by atoms with van der Waals surface area (Å²) >= 11 is 0. The van der Waals surface area contributed by atoms with Crippen molar-refractivity contribution in [2.24, 2.45) is 13.0 Å². The number of aromatic amines is 1. The summed E-state index contributed by atoms with van der Waals surface area (Å²) in [6.45, 7) is 1.19. The van der Waals surface area contributed by atoms with E-state index >= 15 is 0 Å². The van der Waals surface area contributed by atoms with Crippen LogP contribution in [0.4, 0.5) is 0 Å². The van der Waals surface area contributed by atoms with E-state index in [0.717, 1.165) is 23.7 Å². The van der Waals surface area contributed by atoms with Gasteiger partial charge in [0.05, 0.1) is 5.52 Å². The quantitative estimate of drug-likeness (QED) is 0.763. The molecule has 25 heavy (non-hydrogen) atoms. The summed E-state index contributed by atoms with van der Waals surface area (Å²) in [5.74, 6) is 0.530. The number of rotatable bonds is 3. The van der Waals surface area contributed by atoms with Crippen molar-refractivity contribution in [2.75, 3.05) is 13.1 Å². The topological polar surface area (TPSA) is 87.0 Å². The minimum atomic E-state index is -0.675. The van der Waals surface area contributed by atoms with Gasteiger partial charge in [-0.2, -0.15) is 5.10 Å². The maximum atomic E-state index is 12.9. The molecular weight excluding hydrogens is 318 g/mol. The smallest absolute Gasteiger partial charge is 0.275 e. The monoisotopic (exact) mass is 339 g/mol. The number of aryl methyl sites for hydroxylation is 1. The number of fused-ring (bicyclic) bond motifs is 1. The van der Waals surface area contributed by atoms with Gasteiger partial charge in [0.15, 0.2) is 5.69 Å². The van der Waals surface area contributed by atoms with Crippen LogP contribution >= 0.6 is 0 Å². The normalized spacial score (nSPS) is 19.3. The maximum absolute atomic E-state index is 12.9. The van der Waals surface area contributed by atoms with Crippen LogP contribution in [0.5, 0.6) is 0 Å². The van der Waals surface area contributed by atoms with Gasteiger partial charge in [0, 0.05) is 43.8 Å². The number of hydrogen-bond acceptors (Lipinski definition) is 4. The molecule has 0 aliphatic carbocycles. The Morgan fingerprint density at radius 3 is 3.04 bits per heavy atom. The van der Waals surface area contributed by atoms with Crippen LogP contribution in [-0.2, 0) is 7.05 Å². The number of likely N-dealkylation sites (tertiary alicyclic amines) is 1. The van der Waals surface area contributed by atoms with Gasteiger partial charge in [-0.15, -0.1) is 0 Å². The van der Waals surface area contributed by atoms with E-state index in [2.05, 4.69) is 15.2 Å². The predicted molar refractivity (Wildman–Crippen MR) is 92.9 cm³/mol. The molecule has 0 saturated carbocycles. The highest BCUT2D eigenvalue weighted by Crippen LogP contribution is 2.30. The molecule has 1 fully saturated rings. The summed E-state index contributed by atoms with van der Waals surface area (Å²) in [6, 6.07) is 7.62. The molecule has 1 saturated heterocycles. The van der Waals surface area contributed by atoms with Crippen LogP contribution in [0.3, 0.4) is 0 Å². The predicted octanol–water partition coefficient (Wildman–Crippen LogP) is 1.88. The van der Waals surface area contributed by atoms with Crippen LogP contribution < -0.4 is 0 Å². The second kappa shape index (κ2) is 6.33. The van der Waals surface area contributed by atoms with Gasteiger partial charge in [-0.25, -0.2) is 4.98 Å². The van der Waals surface area contributed by atoms with E-state index in [9.17, 15) is 9.90 Å². The van der Waals surface area contributed by atoms with Crippen LogP contribution in [0.25, 0.3) is 10.9 Å². The Labute approximate surface area is 145 Å². The van der Waals surface area contributed by atoms with Gasteiger partial charge in [0.1, 0.15) is 11.9 Å². The Balaban J connectivity index is 1.55. The van der Waals surface area contributed by atoms with E-state index in [1.165, 1.54) is 0 Å². The van der Waals surface area contributed by atoms with Crippen molar-refractivity contribution in [3.05, 3.63) is 48.2 Å². The third kappa shape index (κ3) is 2.80. The molecule has 1 amide bonds. The lowest BCUT2D eigenvalue weighted by atomic mass is 9.91. The van der Waals surface area contributed by atoms with Crippen LogP contribution in [0.2, 0.25) is 0 Å². The van der Waals surface area contributed by atoms with Crippen molar-refractivity contribution < 1.29 is 9.90 Å². The molecule has 3 aromatic rings. The van der Waals surface area contributed by atoms with Gasteiger partial charge in [-0.3, -0.25) is 9.89 Å². The fourth-order valence-electron chi connectivity index (χ4n) is 3.60. The second-order valence-electron chi connectivity index (χ2n) is 6.61. The van der Waals surface area contributed by atoms with Crippen molar-refractivity contribution in [3.8, 4) is 0 Å². The number of H-pyrrole nitrogens is 1. The molecule has 2 N–H and O–H groups in total. The van der Waals surface area contributed by atoms with Crippen molar-refractivity contribution in [1.29, 1.82) is 0 Å². The number of amides is 1. The fraction of sp³-hybridized carbons (Fsp3) is 0.389. The Morgan fingerprint density at radius 2 is 2.24 bits per heavy atom. The van der Waals surface area contributed by atoms with Crippen LogP contribution in [0.1, 0.15) is 35.3 Å². The molecule has 0 radical (unpaired) electrons. The van der Waals surface area contributed by atoms with E-state index in [-0.39, 0.29) is 11.8 Å². The highest BCUT2D eigenvalue weighted by Gasteiger charge is 2.32. The zero-order valence-electron chi connectivity index (χ0n) is 14.1. The van der Waals surface area contributed by atoms with Crippen molar-refractivity contribution in [1.82, 2.24) is 24.6 Å². The summed E-state index contributed by atoms with van der Waals surface area (Å²) in [5.41, 5.74) is 1.30. The molecule has 2 aromatic heterocycles. The van der Waals surface area contributed by atoms with Gasteiger partial charge in [0.2, 0.25) is 0 Å². The molecule has 1 aliphatic rings. The van der Waals surface area contributed by atoms with Crippen LogP contribution in [0, 0.1) is 5.92 Å². The molecule has 3 heterocycles. The number of piperidine rings is 1. The number of nitrogens with zero attached hydrogens (tertiary/aromatic N) is 4. The Bertz CT molecular complexity index is 900. The Hall–Kier alpha value is -2.67. The summed E-state index contributed by atoms with van der Waals surface area (Å²) in [7, 11) is 1.87. The first kappa shape index (κ1) is 15.8. The zero-order valence-corrected chi connectivity index (χ0v) is 14.1. The van der Waals surface area contributed by atoms with E-state index in [0.29, 0.717) is 24.6 Å². The summed E-state index contributed by atoms with van der Waals surface area (Å²) in [5, 5.41) is 18.6. The summed E-state index contributed by atoms with van der Waals surface area (Å²) in [4.78, 5) is 19.0. The van der Waals surface area contributed by atoms with E-state index < -0.39 is 6.10 Å². The lowest BCUT2D eigenvalue weighted by Gasteiger charge is -2.34. The molecule has 4 rings (SSSR count). The molecule has 0 bridgehead atoms. The number of aliphatic hydroxyl groups excluding tert-OH is 1. The highest BCUT2D eigenvalue weighted by molar-refractivity contribution is 6.04. The van der Waals surface area contributed by atoms with Gasteiger partial charge in [0.25, 0.3) is 5.91 Å². The molecule has 2 unspecified atom stereocenters. The third-order valence-electron chi connectivity index (χ3n) is 4.99. The van der Waals surface area contributed by atoms with Crippen LogP contribution in [0.15, 0.2) is 36.7 Å². The molecule has 2 atom stereocenters. The number of nitrogens with one attached hydrogen (secondary N) is 1. The zero-order chi connectivity index (χ0) is 17.4. The maximum Gasteiger partial charge on any atom is 0.275 e. The number of benzene rings is 1. The summed E-state index contributed by atoms with van der Waals surface area (Å²) in [6.07, 6.45) is 4.56. The number of para-hydroxylation sites is 1. The van der Waals surface area contributed by atoms with Gasteiger partial charge < -0.3 is 14.6 Å². The minimum Gasteiger partial charge on any atom is -0.385 e. The SMILES string of the molecule is Cn1ccnc1C(O)C1CCCN(C(=O)c2n[nH]c3ccccc23)C1. The minimum absolute atomic E-state index is 0.0241. The third-order valence-corrected chi connectivity index (χ3v) is 4.99. The van der Waals surface area contributed by atoms with Crippen molar-refractivity contribution in [3.63, 3.8) is 0 Å². The number of aromatic nitrogens is 4. The molecule has 1 aliphatic heterocycles. The first-order chi connectivity index (χ1) is 12.1. The highest BCUT2D eigenvalue weighted by atomic mass is 16.3. The second-order valence-corrected chi connectivity index (χ2v) is 6.61. The number of carbonyl (C=O) groups is 1. The molecule has 7 heteroatoms. The van der Waals surface area contributed by atoms with Crippen molar-refractivity contribution >= 4 is 16.8 Å². The number of carbonyl (C=O) groups excluding carboxylic acids is 1. The Kier molecular flexibility index (Phi) is 4.01. The standard InChI is InChI=1S/C18H21N5O2/c1-22-10-8-19-17(22)16(24)12-5-4-9-23(11-12)18(25)15-13-6-2-3-7-14(13)20-21-15/h2-3,6-8,10,12,16,24H,4-5,9,11H2,1H3,(H,20,21). The first-order valence-electron chi connectivity index (χ1n) is 8.53. The average Bonchev–Trinajstić information content (AvgIpc) is 3.27. The van der Waals surface area contributed by atoms with Crippen LogP contribution in [-0.4, -0.2) is 48.8 Å². The molecule has 7 nitrogen and oxygen atoms in total. The number of hydrogen-bond donors (Lipinski definition) is 2. The van der Waals surface area contributed by atoms with E-state index in [4.69, 9.17) is 0 Å². The molecule has 130 valence electrons. The van der Waals surface area contributed by atoms with E-state index in [1.807, 2.05) is 42.1 Å². The lowest BCUT2D eigenvalue weighted by molar-refractivity contribution is 0.0356. The van der Waals surface area contributed by atoms with Gasteiger partial charge in [-0.1, -0.05) is 18.2 Å². The van der Waals surface area contributed by atoms with Crippen molar-refractivity contribution in [2.45, 2.75) is 18.9 Å². The average molecular weight is 339 g/mol. The largest absolute Gasteiger partial charge is 0.385 e. The van der Waals surface area contributed by atoms with Gasteiger partial charge in [-0.05, 0) is 18.9 Å². The molecule has 0 spiro atoms. The summed E-state index contributed by atoms with van der Waals surface area (Å²) < 4.78 is 1.83. The molecular formula is C18H21N5O2. The molecule has 1 aromatic carbocycles. The number of imidazole rings is 1. The fourth-order valence-corrected chi connectivity index (χ4v) is 3.60. The Morgan fingerprint density at radius 1 is 1.40 bits per heavy atom.